The molecular weight excluding hydrogens is 294 g/mol. The number of hydrogen-bond acceptors (Lipinski definition) is 4. The number of nitrogens with zero attached hydrogens (tertiary/aromatic N) is 3. The van der Waals surface area contributed by atoms with Crippen LogP contribution in [0.3, 0.4) is 0 Å². The van der Waals surface area contributed by atoms with Crippen molar-refractivity contribution in [2.24, 2.45) is 5.92 Å². The second-order valence-corrected chi connectivity index (χ2v) is 6.08. The first-order valence-corrected chi connectivity index (χ1v) is 7.98. The molecule has 126 valence electrons. The van der Waals surface area contributed by atoms with E-state index >= 15 is 0 Å². The molecule has 6 heteroatoms. The highest BCUT2D eigenvalue weighted by Crippen LogP contribution is 2.22. The molecule has 2 amide bonds. The summed E-state index contributed by atoms with van der Waals surface area (Å²) in [7, 11) is 3.38. The van der Waals surface area contributed by atoms with Crippen molar-refractivity contribution in [3.05, 3.63) is 23.9 Å². The third kappa shape index (κ3) is 4.68. The summed E-state index contributed by atoms with van der Waals surface area (Å²) in [6, 6.07) is 3.76. The van der Waals surface area contributed by atoms with Gasteiger partial charge in [-0.25, -0.2) is 4.98 Å². The minimum absolute atomic E-state index is 0.121. The summed E-state index contributed by atoms with van der Waals surface area (Å²) in [6.07, 6.45) is 4.00. The first kappa shape index (κ1) is 17.2. The van der Waals surface area contributed by atoms with Crippen LogP contribution < -0.4 is 4.74 Å². The van der Waals surface area contributed by atoms with Crippen LogP contribution in [0, 0.1) is 5.92 Å². The van der Waals surface area contributed by atoms with Crippen molar-refractivity contribution < 1.29 is 14.3 Å². The molecular formula is C17H25N3O3. The van der Waals surface area contributed by atoms with Crippen molar-refractivity contribution in [1.82, 2.24) is 14.8 Å². The molecule has 1 aliphatic heterocycles. The normalized spacial score (nSPS) is 15.3. The molecule has 0 N–H and O–H groups in total. The molecule has 0 unspecified atom stereocenters. The van der Waals surface area contributed by atoms with E-state index in [2.05, 4.69) is 4.98 Å². The highest BCUT2D eigenvalue weighted by atomic mass is 16.5. The van der Waals surface area contributed by atoms with Gasteiger partial charge in [0.25, 0.3) is 0 Å². The predicted molar refractivity (Wildman–Crippen MR) is 86.9 cm³/mol. The molecule has 0 atom stereocenters. The fourth-order valence-corrected chi connectivity index (χ4v) is 2.93. The average molecular weight is 319 g/mol. The molecule has 2 rings (SSSR count). The zero-order valence-corrected chi connectivity index (χ0v) is 14.1. The highest BCUT2D eigenvalue weighted by Gasteiger charge is 2.24. The average Bonchev–Trinajstić information content (AvgIpc) is 2.55. The third-order valence-electron chi connectivity index (χ3n) is 4.40. The lowest BCUT2D eigenvalue weighted by atomic mass is 9.93. The molecule has 0 bridgehead atoms. The zero-order valence-electron chi connectivity index (χ0n) is 14.1. The second-order valence-electron chi connectivity index (χ2n) is 6.08. The van der Waals surface area contributed by atoms with E-state index in [1.54, 1.807) is 32.2 Å². The number of pyridine rings is 1. The molecule has 1 fully saturated rings. The van der Waals surface area contributed by atoms with Crippen LogP contribution in [0.15, 0.2) is 18.3 Å². The van der Waals surface area contributed by atoms with Crippen LogP contribution in [0.2, 0.25) is 0 Å². The Hall–Kier alpha value is -2.11. The summed E-state index contributed by atoms with van der Waals surface area (Å²) in [5.41, 5.74) is 0.900. The van der Waals surface area contributed by atoms with Crippen molar-refractivity contribution in [2.45, 2.75) is 32.7 Å². The first-order chi connectivity index (χ1) is 11.0. The van der Waals surface area contributed by atoms with Gasteiger partial charge in [0.1, 0.15) is 0 Å². The van der Waals surface area contributed by atoms with Gasteiger partial charge >= 0.3 is 0 Å². The molecule has 1 saturated heterocycles. The van der Waals surface area contributed by atoms with Gasteiger partial charge in [-0.15, -0.1) is 0 Å². The summed E-state index contributed by atoms with van der Waals surface area (Å²) >= 11 is 0. The molecule has 0 aromatic carbocycles. The van der Waals surface area contributed by atoms with E-state index in [4.69, 9.17) is 4.74 Å². The number of amides is 2. The summed E-state index contributed by atoms with van der Waals surface area (Å²) in [6.45, 7) is 3.60. The lowest BCUT2D eigenvalue weighted by Gasteiger charge is -2.31. The van der Waals surface area contributed by atoms with Gasteiger partial charge in [-0.1, -0.05) is 6.07 Å². The lowest BCUT2D eigenvalue weighted by Crippen LogP contribution is -2.38. The van der Waals surface area contributed by atoms with E-state index < -0.39 is 0 Å². The van der Waals surface area contributed by atoms with E-state index in [0.29, 0.717) is 24.8 Å². The minimum atomic E-state index is 0.121. The molecule has 0 radical (unpaired) electrons. The van der Waals surface area contributed by atoms with Crippen LogP contribution in [0.25, 0.3) is 0 Å². The number of carbonyl (C=O) groups is 2. The van der Waals surface area contributed by atoms with E-state index in [0.717, 1.165) is 31.5 Å². The van der Waals surface area contributed by atoms with Gasteiger partial charge in [-0.05, 0) is 24.8 Å². The van der Waals surface area contributed by atoms with E-state index in [1.165, 1.54) is 0 Å². The van der Waals surface area contributed by atoms with E-state index in [1.807, 2.05) is 17.0 Å². The highest BCUT2D eigenvalue weighted by molar-refractivity contribution is 5.76. The van der Waals surface area contributed by atoms with E-state index in [-0.39, 0.29) is 11.8 Å². The molecule has 1 aromatic rings. The van der Waals surface area contributed by atoms with Crippen LogP contribution in [-0.4, -0.2) is 53.8 Å². The van der Waals surface area contributed by atoms with Gasteiger partial charge in [0, 0.05) is 45.2 Å². The maximum Gasteiger partial charge on any atom is 0.222 e. The molecule has 0 aliphatic carbocycles. The Morgan fingerprint density at radius 1 is 1.39 bits per heavy atom. The Kier molecular flexibility index (Phi) is 5.96. The fourth-order valence-electron chi connectivity index (χ4n) is 2.93. The van der Waals surface area contributed by atoms with Gasteiger partial charge in [-0.2, -0.15) is 0 Å². The topological polar surface area (TPSA) is 62.7 Å². The largest absolute Gasteiger partial charge is 0.481 e. The Balaban J connectivity index is 1.85. The number of carbonyl (C=O) groups excluding carboxylic acids is 2. The molecule has 0 saturated carbocycles. The number of ether oxygens (including phenoxy) is 1. The monoisotopic (exact) mass is 319 g/mol. The number of methoxy groups -OCH3 is 1. The maximum atomic E-state index is 12.4. The Labute approximate surface area is 137 Å². The molecule has 0 spiro atoms. The minimum Gasteiger partial charge on any atom is -0.481 e. The van der Waals surface area contributed by atoms with Crippen LogP contribution in [0.4, 0.5) is 0 Å². The van der Waals surface area contributed by atoms with Gasteiger partial charge in [0.05, 0.1) is 13.7 Å². The SMILES string of the molecule is COc1ncccc1CN(C)C(=O)CC1CCN(C(C)=O)CC1. The fraction of sp³-hybridized carbons (Fsp3) is 0.588. The van der Waals surface area contributed by atoms with Crippen molar-refractivity contribution in [1.29, 1.82) is 0 Å². The van der Waals surface area contributed by atoms with Gasteiger partial charge < -0.3 is 14.5 Å². The molecule has 6 nitrogen and oxygen atoms in total. The van der Waals surface area contributed by atoms with Crippen molar-refractivity contribution >= 4 is 11.8 Å². The van der Waals surface area contributed by atoms with Gasteiger partial charge in [0.2, 0.25) is 17.7 Å². The van der Waals surface area contributed by atoms with Gasteiger partial charge in [0.15, 0.2) is 0 Å². The lowest BCUT2D eigenvalue weighted by molar-refractivity contribution is -0.132. The van der Waals surface area contributed by atoms with Gasteiger partial charge in [-0.3, -0.25) is 9.59 Å². The maximum absolute atomic E-state index is 12.4. The Morgan fingerprint density at radius 2 is 2.09 bits per heavy atom. The number of hydrogen-bond donors (Lipinski definition) is 0. The van der Waals surface area contributed by atoms with Crippen LogP contribution in [0.5, 0.6) is 5.88 Å². The molecule has 1 aromatic heterocycles. The number of aromatic nitrogens is 1. The van der Waals surface area contributed by atoms with Crippen molar-refractivity contribution in [2.75, 3.05) is 27.2 Å². The van der Waals surface area contributed by atoms with E-state index in [9.17, 15) is 9.59 Å². The van der Waals surface area contributed by atoms with Crippen molar-refractivity contribution in [3.63, 3.8) is 0 Å². The molecule has 1 aliphatic rings. The zero-order chi connectivity index (χ0) is 16.8. The summed E-state index contributed by atoms with van der Waals surface area (Å²) < 4.78 is 5.22. The third-order valence-corrected chi connectivity index (χ3v) is 4.40. The van der Waals surface area contributed by atoms with Crippen LogP contribution >= 0.6 is 0 Å². The number of likely N-dealkylation sites (tertiary alicyclic amines) is 1. The van der Waals surface area contributed by atoms with Crippen LogP contribution in [-0.2, 0) is 16.1 Å². The first-order valence-electron chi connectivity index (χ1n) is 7.98. The summed E-state index contributed by atoms with van der Waals surface area (Å²) in [5.74, 6) is 1.16. The van der Waals surface area contributed by atoms with Crippen molar-refractivity contribution in [3.8, 4) is 5.88 Å². The summed E-state index contributed by atoms with van der Waals surface area (Å²) in [4.78, 5) is 31.5. The summed E-state index contributed by atoms with van der Waals surface area (Å²) in [5, 5.41) is 0. The predicted octanol–water partition coefficient (Wildman–Crippen LogP) is 1.70. The van der Waals surface area contributed by atoms with Crippen LogP contribution in [0.1, 0.15) is 31.7 Å². The molecule has 23 heavy (non-hydrogen) atoms. The smallest absolute Gasteiger partial charge is 0.222 e. The number of piperidine rings is 1. The second kappa shape index (κ2) is 7.94. The Bertz CT molecular complexity index is 554. The quantitative estimate of drug-likeness (QED) is 0.829. The Morgan fingerprint density at radius 3 is 2.70 bits per heavy atom. The molecule has 2 heterocycles. The number of rotatable bonds is 5. The standard InChI is InChI=1S/C17H25N3O3/c1-13(21)20-9-6-14(7-10-20)11-16(22)19(2)12-15-5-4-8-18-17(15)23-3/h4-5,8,14H,6-7,9-12H2,1-3H3.